The van der Waals surface area contributed by atoms with Crippen molar-refractivity contribution in [3.05, 3.63) is 71.4 Å². The van der Waals surface area contributed by atoms with Crippen molar-refractivity contribution in [1.82, 2.24) is 14.7 Å². The molecule has 2 aromatic carbocycles. The predicted molar refractivity (Wildman–Crippen MR) is 119 cm³/mol. The fourth-order valence-corrected chi connectivity index (χ4v) is 4.07. The highest BCUT2D eigenvalue weighted by atomic mass is 35.5. The van der Waals surface area contributed by atoms with Gasteiger partial charge >= 0.3 is 5.97 Å². The molecule has 0 saturated carbocycles. The zero-order valence-corrected chi connectivity index (χ0v) is 18.1. The van der Waals surface area contributed by atoms with E-state index in [0.717, 1.165) is 11.3 Å². The number of para-hydroxylation sites is 1. The maximum absolute atomic E-state index is 13.4. The fraction of sp³-hybridized carbons (Fsp3) is 0.292. The van der Waals surface area contributed by atoms with E-state index in [4.69, 9.17) is 21.4 Å². The summed E-state index contributed by atoms with van der Waals surface area (Å²) in [4.78, 5) is 27.2. The molecule has 0 aliphatic carbocycles. The molecule has 160 valence electrons. The Morgan fingerprint density at radius 3 is 2.42 bits per heavy atom. The molecule has 1 aliphatic rings. The normalized spacial score (nSPS) is 14.5. The summed E-state index contributed by atoms with van der Waals surface area (Å²) in [5, 5.41) is 5.28. The summed E-state index contributed by atoms with van der Waals surface area (Å²) in [6.07, 6.45) is 1.20. The first-order valence-corrected chi connectivity index (χ1v) is 10.8. The number of hydrogen-bond donors (Lipinski definition) is 0. The molecule has 3 aromatic rings. The quantitative estimate of drug-likeness (QED) is 0.547. The molecular formula is C24H24ClN3O3. The summed E-state index contributed by atoms with van der Waals surface area (Å²) >= 11 is 6.38. The first-order chi connectivity index (χ1) is 15.1. The number of ether oxygens (including phenoxy) is 1. The summed E-state index contributed by atoms with van der Waals surface area (Å²) in [6.45, 7) is 3.18. The molecule has 6 nitrogen and oxygen atoms in total. The van der Waals surface area contributed by atoms with Crippen molar-refractivity contribution < 1.29 is 14.3 Å². The molecule has 1 aliphatic heterocycles. The number of carbonyl (C=O) groups excluding carboxylic acids is 2. The minimum atomic E-state index is -0.176. The number of piperidine rings is 1. The van der Waals surface area contributed by atoms with Gasteiger partial charge in [-0.2, -0.15) is 5.10 Å². The van der Waals surface area contributed by atoms with Crippen LogP contribution >= 0.6 is 11.6 Å². The standard InChI is InChI=1S/C24H24ClN3O3/c1-2-31-24(30)17-12-14-27(15-13-17)23(29)22-16-21(19-10-6-7-11-20(19)25)26-28(22)18-8-4-3-5-9-18/h3-11,16-17H,2,12-15H2,1H3. The zero-order valence-electron chi connectivity index (χ0n) is 17.3. The van der Waals surface area contributed by atoms with E-state index < -0.39 is 0 Å². The first-order valence-electron chi connectivity index (χ1n) is 10.4. The van der Waals surface area contributed by atoms with Crippen molar-refractivity contribution in [3.63, 3.8) is 0 Å². The van der Waals surface area contributed by atoms with Crippen LogP contribution in [0.4, 0.5) is 0 Å². The Labute approximate surface area is 186 Å². The van der Waals surface area contributed by atoms with E-state index in [1.165, 1.54) is 0 Å². The van der Waals surface area contributed by atoms with Crippen molar-refractivity contribution in [2.45, 2.75) is 19.8 Å². The molecule has 0 radical (unpaired) electrons. The van der Waals surface area contributed by atoms with Crippen molar-refractivity contribution in [2.24, 2.45) is 5.92 Å². The number of amides is 1. The van der Waals surface area contributed by atoms with Crippen LogP contribution < -0.4 is 0 Å². The molecule has 1 saturated heterocycles. The Morgan fingerprint density at radius 1 is 1.06 bits per heavy atom. The van der Waals surface area contributed by atoms with Crippen molar-refractivity contribution in [1.29, 1.82) is 0 Å². The van der Waals surface area contributed by atoms with Gasteiger partial charge in [0.15, 0.2) is 0 Å². The minimum Gasteiger partial charge on any atom is -0.466 e. The third kappa shape index (κ3) is 4.49. The Bertz CT molecular complexity index is 1070. The van der Waals surface area contributed by atoms with Gasteiger partial charge in [0.05, 0.1) is 28.9 Å². The molecule has 4 rings (SSSR count). The summed E-state index contributed by atoms with van der Waals surface area (Å²) in [7, 11) is 0. The lowest BCUT2D eigenvalue weighted by molar-refractivity contribution is -0.149. The first kappa shape index (κ1) is 21.1. The highest BCUT2D eigenvalue weighted by Crippen LogP contribution is 2.29. The van der Waals surface area contributed by atoms with E-state index in [1.807, 2.05) is 48.5 Å². The van der Waals surface area contributed by atoms with Gasteiger partial charge in [-0.3, -0.25) is 9.59 Å². The van der Waals surface area contributed by atoms with Crippen LogP contribution in [0.2, 0.25) is 5.02 Å². The van der Waals surface area contributed by atoms with Gasteiger partial charge in [0, 0.05) is 18.7 Å². The molecule has 7 heteroatoms. The fourth-order valence-electron chi connectivity index (χ4n) is 3.84. The molecule has 1 fully saturated rings. The van der Waals surface area contributed by atoms with Crippen molar-refractivity contribution in [3.8, 4) is 16.9 Å². The second-order valence-corrected chi connectivity index (χ2v) is 7.87. The summed E-state index contributed by atoms with van der Waals surface area (Å²) in [5.74, 6) is -0.441. The average Bonchev–Trinajstić information content (AvgIpc) is 3.25. The topological polar surface area (TPSA) is 64.4 Å². The largest absolute Gasteiger partial charge is 0.466 e. The Morgan fingerprint density at radius 2 is 1.74 bits per heavy atom. The highest BCUT2D eigenvalue weighted by molar-refractivity contribution is 6.33. The van der Waals surface area contributed by atoms with Gasteiger partial charge in [-0.05, 0) is 44.0 Å². The van der Waals surface area contributed by atoms with E-state index in [-0.39, 0.29) is 17.8 Å². The maximum atomic E-state index is 13.4. The third-order valence-electron chi connectivity index (χ3n) is 5.48. The second kappa shape index (κ2) is 9.35. The number of benzene rings is 2. The second-order valence-electron chi connectivity index (χ2n) is 7.46. The van der Waals surface area contributed by atoms with Crippen LogP contribution in [0.1, 0.15) is 30.3 Å². The SMILES string of the molecule is CCOC(=O)C1CCN(C(=O)c2cc(-c3ccccc3Cl)nn2-c2ccccc2)CC1. The average molecular weight is 438 g/mol. The molecule has 0 bridgehead atoms. The van der Waals surface area contributed by atoms with Gasteiger partial charge in [-0.25, -0.2) is 4.68 Å². The van der Waals surface area contributed by atoms with Gasteiger partial charge < -0.3 is 9.64 Å². The summed E-state index contributed by atoms with van der Waals surface area (Å²) in [5.41, 5.74) is 2.68. The molecule has 0 N–H and O–H groups in total. The molecule has 0 atom stereocenters. The number of likely N-dealkylation sites (tertiary alicyclic amines) is 1. The molecule has 0 unspecified atom stereocenters. The van der Waals surface area contributed by atoms with Crippen LogP contribution in [-0.2, 0) is 9.53 Å². The van der Waals surface area contributed by atoms with Crippen LogP contribution in [0.15, 0.2) is 60.7 Å². The van der Waals surface area contributed by atoms with Crippen molar-refractivity contribution >= 4 is 23.5 Å². The van der Waals surface area contributed by atoms with E-state index in [0.29, 0.717) is 48.9 Å². The minimum absolute atomic E-state index is 0.114. The number of halogens is 1. The molecular weight excluding hydrogens is 414 g/mol. The smallest absolute Gasteiger partial charge is 0.309 e. The summed E-state index contributed by atoms with van der Waals surface area (Å²) in [6, 6.07) is 18.8. The zero-order chi connectivity index (χ0) is 21.8. The number of esters is 1. The highest BCUT2D eigenvalue weighted by Gasteiger charge is 2.30. The Kier molecular flexibility index (Phi) is 6.37. The third-order valence-corrected chi connectivity index (χ3v) is 5.81. The number of rotatable bonds is 5. The van der Waals surface area contributed by atoms with Crippen molar-refractivity contribution in [2.75, 3.05) is 19.7 Å². The van der Waals surface area contributed by atoms with Crippen LogP contribution in [0.5, 0.6) is 0 Å². The van der Waals surface area contributed by atoms with E-state index >= 15 is 0 Å². The van der Waals surface area contributed by atoms with E-state index in [2.05, 4.69) is 0 Å². The van der Waals surface area contributed by atoms with Crippen LogP contribution in [0, 0.1) is 5.92 Å². The Balaban J connectivity index is 1.63. The van der Waals surface area contributed by atoms with E-state index in [1.54, 1.807) is 28.6 Å². The maximum Gasteiger partial charge on any atom is 0.309 e. The molecule has 1 amide bonds. The number of carbonyl (C=O) groups is 2. The number of nitrogens with zero attached hydrogens (tertiary/aromatic N) is 3. The van der Waals surface area contributed by atoms with Gasteiger partial charge in [-0.1, -0.05) is 48.0 Å². The van der Waals surface area contributed by atoms with Gasteiger partial charge in [0.25, 0.3) is 5.91 Å². The van der Waals surface area contributed by atoms with E-state index in [9.17, 15) is 9.59 Å². The number of hydrogen-bond acceptors (Lipinski definition) is 4. The van der Waals surface area contributed by atoms with Gasteiger partial charge in [-0.15, -0.1) is 0 Å². The monoisotopic (exact) mass is 437 g/mol. The molecule has 31 heavy (non-hydrogen) atoms. The lowest BCUT2D eigenvalue weighted by Crippen LogP contribution is -2.41. The lowest BCUT2D eigenvalue weighted by atomic mass is 9.97. The molecule has 0 spiro atoms. The molecule has 2 heterocycles. The summed E-state index contributed by atoms with van der Waals surface area (Å²) < 4.78 is 6.80. The Hall–Kier alpha value is -3.12. The van der Waals surface area contributed by atoms with Crippen LogP contribution in [0.3, 0.4) is 0 Å². The molecule has 1 aromatic heterocycles. The van der Waals surface area contributed by atoms with Crippen LogP contribution in [-0.4, -0.2) is 46.3 Å². The van der Waals surface area contributed by atoms with Gasteiger partial charge in [0.2, 0.25) is 0 Å². The predicted octanol–water partition coefficient (Wildman–Crippen LogP) is 4.61. The lowest BCUT2D eigenvalue weighted by Gasteiger charge is -2.30. The number of aromatic nitrogens is 2. The van der Waals surface area contributed by atoms with Crippen LogP contribution in [0.25, 0.3) is 16.9 Å². The van der Waals surface area contributed by atoms with Gasteiger partial charge in [0.1, 0.15) is 5.69 Å².